The van der Waals surface area contributed by atoms with Crippen LogP contribution in [0.2, 0.25) is 0 Å². The summed E-state index contributed by atoms with van der Waals surface area (Å²) in [4.78, 5) is 10.9. The fourth-order valence-corrected chi connectivity index (χ4v) is 1.01. The molecular formula is C12H20O2. The Labute approximate surface area is 86.6 Å². The zero-order valence-corrected chi connectivity index (χ0v) is 9.16. The maximum Gasteiger partial charge on any atom is 0.330 e. The lowest BCUT2D eigenvalue weighted by atomic mass is 10.2. The molecule has 14 heavy (non-hydrogen) atoms. The first-order chi connectivity index (χ1) is 6.81. The van der Waals surface area contributed by atoms with Crippen molar-refractivity contribution in [1.82, 2.24) is 0 Å². The Morgan fingerprint density at radius 2 is 1.86 bits per heavy atom. The summed E-state index contributed by atoms with van der Waals surface area (Å²) in [5, 5.41) is 0. The van der Waals surface area contributed by atoms with Crippen LogP contribution in [0.25, 0.3) is 0 Å². The number of allylic oxidation sites excluding steroid dienone is 3. The highest BCUT2D eigenvalue weighted by Gasteiger charge is 1.91. The highest BCUT2D eigenvalue weighted by atomic mass is 16.5. The summed E-state index contributed by atoms with van der Waals surface area (Å²) in [5.41, 5.74) is 0. The average molecular weight is 196 g/mol. The highest BCUT2D eigenvalue weighted by molar-refractivity contribution is 5.81. The Kier molecular flexibility index (Phi) is 9.28. The SMILES string of the molecule is CC/C=C\CCC/C=C/C(=O)OCC. The zero-order valence-electron chi connectivity index (χ0n) is 9.16. The van der Waals surface area contributed by atoms with Crippen molar-refractivity contribution in [3.05, 3.63) is 24.3 Å². The Morgan fingerprint density at radius 1 is 1.14 bits per heavy atom. The minimum absolute atomic E-state index is 0.239. The van der Waals surface area contributed by atoms with E-state index < -0.39 is 0 Å². The monoisotopic (exact) mass is 196 g/mol. The third-order valence-corrected chi connectivity index (χ3v) is 1.68. The van der Waals surface area contributed by atoms with Crippen LogP contribution in [0, 0.1) is 0 Å². The molecule has 0 radical (unpaired) electrons. The van der Waals surface area contributed by atoms with Crippen LogP contribution in [0.15, 0.2) is 24.3 Å². The third kappa shape index (κ3) is 9.04. The molecule has 0 saturated carbocycles. The normalized spacial score (nSPS) is 11.3. The van der Waals surface area contributed by atoms with Crippen LogP contribution in [0.1, 0.15) is 39.5 Å². The molecule has 0 heterocycles. The van der Waals surface area contributed by atoms with E-state index in [4.69, 9.17) is 4.74 Å². The van der Waals surface area contributed by atoms with Crippen molar-refractivity contribution in [2.75, 3.05) is 6.61 Å². The molecule has 0 N–H and O–H groups in total. The van der Waals surface area contributed by atoms with Crippen molar-refractivity contribution in [2.45, 2.75) is 39.5 Å². The van der Waals surface area contributed by atoms with Gasteiger partial charge < -0.3 is 4.74 Å². The van der Waals surface area contributed by atoms with E-state index in [0.29, 0.717) is 6.61 Å². The molecule has 0 aromatic carbocycles. The van der Waals surface area contributed by atoms with E-state index in [1.54, 1.807) is 6.92 Å². The van der Waals surface area contributed by atoms with Crippen LogP contribution in [0.3, 0.4) is 0 Å². The lowest BCUT2D eigenvalue weighted by Crippen LogP contribution is -1.98. The molecule has 0 unspecified atom stereocenters. The number of hydrogen-bond donors (Lipinski definition) is 0. The van der Waals surface area contributed by atoms with E-state index in [1.165, 1.54) is 6.08 Å². The van der Waals surface area contributed by atoms with Crippen LogP contribution in [0.5, 0.6) is 0 Å². The van der Waals surface area contributed by atoms with Gasteiger partial charge in [-0.1, -0.05) is 25.2 Å². The van der Waals surface area contributed by atoms with Gasteiger partial charge in [0.15, 0.2) is 0 Å². The van der Waals surface area contributed by atoms with Gasteiger partial charge in [0, 0.05) is 6.08 Å². The second-order valence-corrected chi connectivity index (χ2v) is 2.96. The van der Waals surface area contributed by atoms with Crippen LogP contribution in [-0.2, 0) is 9.53 Å². The summed E-state index contributed by atoms with van der Waals surface area (Å²) in [6, 6.07) is 0. The number of unbranched alkanes of at least 4 members (excludes halogenated alkanes) is 2. The van der Waals surface area contributed by atoms with Crippen LogP contribution < -0.4 is 0 Å². The van der Waals surface area contributed by atoms with Gasteiger partial charge in [0.1, 0.15) is 0 Å². The molecule has 0 atom stereocenters. The molecule has 0 aromatic rings. The minimum atomic E-state index is -0.239. The van der Waals surface area contributed by atoms with E-state index in [9.17, 15) is 4.79 Å². The number of carbonyl (C=O) groups excluding carboxylic acids is 1. The van der Waals surface area contributed by atoms with Gasteiger partial charge >= 0.3 is 5.97 Å². The fraction of sp³-hybridized carbons (Fsp3) is 0.583. The Morgan fingerprint density at radius 3 is 2.50 bits per heavy atom. The third-order valence-electron chi connectivity index (χ3n) is 1.68. The first-order valence-electron chi connectivity index (χ1n) is 5.29. The summed E-state index contributed by atoms with van der Waals surface area (Å²) in [7, 11) is 0. The van der Waals surface area contributed by atoms with Gasteiger partial charge in [-0.3, -0.25) is 0 Å². The zero-order chi connectivity index (χ0) is 10.6. The van der Waals surface area contributed by atoms with Gasteiger partial charge in [0.25, 0.3) is 0 Å². The lowest BCUT2D eigenvalue weighted by Gasteiger charge is -1.94. The molecule has 0 aliphatic rings. The van der Waals surface area contributed by atoms with Crippen LogP contribution >= 0.6 is 0 Å². The van der Waals surface area contributed by atoms with Gasteiger partial charge in [-0.15, -0.1) is 0 Å². The van der Waals surface area contributed by atoms with E-state index in [2.05, 4.69) is 19.1 Å². The quantitative estimate of drug-likeness (QED) is 0.270. The van der Waals surface area contributed by atoms with E-state index in [1.807, 2.05) is 6.08 Å². The molecule has 2 nitrogen and oxygen atoms in total. The molecule has 0 bridgehead atoms. The van der Waals surface area contributed by atoms with Crippen molar-refractivity contribution < 1.29 is 9.53 Å². The Hall–Kier alpha value is -1.05. The van der Waals surface area contributed by atoms with Gasteiger partial charge in [-0.25, -0.2) is 4.79 Å². The Bertz CT molecular complexity index is 192. The molecule has 0 saturated heterocycles. The van der Waals surface area contributed by atoms with Crippen molar-refractivity contribution >= 4 is 5.97 Å². The smallest absolute Gasteiger partial charge is 0.330 e. The van der Waals surface area contributed by atoms with E-state index >= 15 is 0 Å². The van der Waals surface area contributed by atoms with Gasteiger partial charge in [0.2, 0.25) is 0 Å². The summed E-state index contributed by atoms with van der Waals surface area (Å²) < 4.78 is 4.75. The predicted molar refractivity (Wildman–Crippen MR) is 59.1 cm³/mol. The van der Waals surface area contributed by atoms with Gasteiger partial charge in [-0.05, 0) is 32.6 Å². The molecule has 0 aliphatic heterocycles. The number of ether oxygens (including phenoxy) is 1. The van der Waals surface area contributed by atoms with Crippen molar-refractivity contribution in [2.24, 2.45) is 0 Å². The molecule has 80 valence electrons. The molecule has 0 aliphatic carbocycles. The first-order valence-corrected chi connectivity index (χ1v) is 5.29. The number of carbonyl (C=O) groups is 1. The topological polar surface area (TPSA) is 26.3 Å². The highest BCUT2D eigenvalue weighted by Crippen LogP contribution is 1.98. The summed E-state index contributed by atoms with van der Waals surface area (Å²) in [6.07, 6.45) is 11.9. The first kappa shape index (κ1) is 12.9. The summed E-state index contributed by atoms with van der Waals surface area (Å²) >= 11 is 0. The Balaban J connectivity index is 3.35. The standard InChI is InChI=1S/C12H20O2/c1-3-5-6-7-8-9-10-11-12(13)14-4-2/h5-6,10-11H,3-4,7-9H2,1-2H3/b6-5-,11-10+. The van der Waals surface area contributed by atoms with E-state index in [0.717, 1.165) is 25.7 Å². The second-order valence-electron chi connectivity index (χ2n) is 2.96. The molecule has 0 amide bonds. The minimum Gasteiger partial charge on any atom is -0.463 e. The molecule has 0 rings (SSSR count). The van der Waals surface area contributed by atoms with Crippen LogP contribution in [-0.4, -0.2) is 12.6 Å². The average Bonchev–Trinajstić information content (AvgIpc) is 2.17. The maximum atomic E-state index is 10.9. The number of rotatable bonds is 7. The molecule has 0 aromatic heterocycles. The van der Waals surface area contributed by atoms with Crippen LogP contribution in [0.4, 0.5) is 0 Å². The summed E-state index contributed by atoms with van der Waals surface area (Å²) in [6.45, 7) is 4.38. The second kappa shape index (κ2) is 10.0. The molecular weight excluding hydrogens is 176 g/mol. The largest absolute Gasteiger partial charge is 0.463 e. The molecule has 0 spiro atoms. The van der Waals surface area contributed by atoms with Gasteiger partial charge in [-0.2, -0.15) is 0 Å². The summed E-state index contributed by atoms with van der Waals surface area (Å²) in [5.74, 6) is -0.239. The van der Waals surface area contributed by atoms with Crippen molar-refractivity contribution in [1.29, 1.82) is 0 Å². The number of esters is 1. The lowest BCUT2D eigenvalue weighted by molar-refractivity contribution is -0.137. The maximum absolute atomic E-state index is 10.9. The number of hydrogen-bond acceptors (Lipinski definition) is 2. The van der Waals surface area contributed by atoms with E-state index in [-0.39, 0.29) is 5.97 Å². The van der Waals surface area contributed by atoms with Gasteiger partial charge in [0.05, 0.1) is 6.61 Å². The fourth-order valence-electron chi connectivity index (χ4n) is 1.01. The molecule has 0 fully saturated rings. The molecule has 2 heteroatoms. The van der Waals surface area contributed by atoms with Crippen molar-refractivity contribution in [3.63, 3.8) is 0 Å². The predicted octanol–water partition coefficient (Wildman–Crippen LogP) is 3.24. The van der Waals surface area contributed by atoms with Crippen molar-refractivity contribution in [3.8, 4) is 0 Å².